The summed E-state index contributed by atoms with van der Waals surface area (Å²) in [6, 6.07) is 20.5. The zero-order chi connectivity index (χ0) is 24.5. The average molecular weight is 483 g/mol. The molecule has 1 unspecified atom stereocenters. The third-order valence-electron chi connectivity index (χ3n) is 5.52. The van der Waals surface area contributed by atoms with Crippen molar-refractivity contribution in [1.29, 1.82) is 0 Å². The molecule has 0 fully saturated rings. The van der Waals surface area contributed by atoms with Gasteiger partial charge in [-0.1, -0.05) is 42.5 Å². The number of amides is 1. The molecule has 180 valence electrons. The molecule has 3 aromatic rings. The minimum Gasteiger partial charge on any atom is -0.470 e. The summed E-state index contributed by atoms with van der Waals surface area (Å²) in [6.07, 6.45) is 0.221. The first-order chi connectivity index (χ1) is 16.1. The lowest BCUT2D eigenvalue weighted by Crippen LogP contribution is -2.43. The minimum absolute atomic E-state index is 0.227. The Hall–Kier alpha value is -3.26. The molecular weight excluding hydrogens is 452 g/mol. The molecule has 1 atom stereocenters. The minimum atomic E-state index is -3.87. The monoisotopic (exact) mass is 482 g/mol. The second-order valence-corrected chi connectivity index (χ2v) is 11.3. The molecule has 3 aromatic carbocycles. The second-order valence-electron chi connectivity index (χ2n) is 9.40. The molecule has 8 heteroatoms. The van der Waals surface area contributed by atoms with Gasteiger partial charge in [-0.3, -0.25) is 0 Å². The quantitative estimate of drug-likeness (QED) is 0.468. The Kier molecular flexibility index (Phi) is 6.45. The molecule has 0 saturated carbocycles. The predicted molar refractivity (Wildman–Crippen MR) is 134 cm³/mol. The topological polar surface area (TPSA) is 76.2 Å². The van der Waals surface area contributed by atoms with Crippen molar-refractivity contribution in [2.24, 2.45) is 0 Å². The molecule has 0 spiro atoms. The van der Waals surface area contributed by atoms with Crippen LogP contribution in [-0.2, 0) is 14.8 Å². The van der Waals surface area contributed by atoms with Gasteiger partial charge in [-0.05, 0) is 62.2 Å². The van der Waals surface area contributed by atoms with Crippen LogP contribution in [0.1, 0.15) is 33.6 Å². The van der Waals surface area contributed by atoms with E-state index in [9.17, 15) is 13.2 Å². The maximum Gasteiger partial charge on any atom is 0.410 e. The molecule has 34 heavy (non-hydrogen) atoms. The first-order valence-corrected chi connectivity index (χ1v) is 12.8. The van der Waals surface area contributed by atoms with Crippen LogP contribution in [0.4, 0.5) is 16.2 Å². The molecule has 1 heterocycles. The zero-order valence-electron chi connectivity index (χ0n) is 19.9. The summed E-state index contributed by atoms with van der Waals surface area (Å²) in [5, 5.41) is 1.90. The number of benzene rings is 3. The van der Waals surface area contributed by atoms with Crippen molar-refractivity contribution in [3.05, 3.63) is 66.7 Å². The molecule has 0 saturated heterocycles. The smallest absolute Gasteiger partial charge is 0.410 e. The first kappa shape index (κ1) is 23.9. The average Bonchev–Trinajstić information content (AvgIpc) is 2.77. The van der Waals surface area contributed by atoms with E-state index in [2.05, 4.69) is 0 Å². The van der Waals surface area contributed by atoms with E-state index in [1.807, 2.05) is 54.6 Å². The Morgan fingerprint density at radius 2 is 1.65 bits per heavy atom. The van der Waals surface area contributed by atoms with Gasteiger partial charge in [0.15, 0.2) is 0 Å². The van der Waals surface area contributed by atoms with Gasteiger partial charge in [-0.2, -0.15) is 0 Å². The second kappa shape index (κ2) is 9.18. The summed E-state index contributed by atoms with van der Waals surface area (Å²) < 4.78 is 40.2. The number of carbonyl (C=O) groups is 1. The van der Waals surface area contributed by atoms with E-state index in [1.165, 1.54) is 9.21 Å². The number of hydrogen-bond acceptors (Lipinski definition) is 5. The number of ether oxygens (including phenoxy) is 2. The third-order valence-corrected chi connectivity index (χ3v) is 7.43. The van der Waals surface area contributed by atoms with Crippen LogP contribution in [0.2, 0.25) is 0 Å². The molecule has 4 rings (SSSR count). The summed E-state index contributed by atoms with van der Waals surface area (Å²) in [6.45, 7) is 5.77. The summed E-state index contributed by atoms with van der Waals surface area (Å²) in [7, 11) is -2.23. The summed E-state index contributed by atoms with van der Waals surface area (Å²) in [4.78, 5) is 13.7. The highest BCUT2D eigenvalue weighted by molar-refractivity contribution is 7.93. The number of rotatable bonds is 5. The van der Waals surface area contributed by atoms with Crippen molar-refractivity contribution in [1.82, 2.24) is 4.90 Å². The van der Waals surface area contributed by atoms with E-state index in [-0.39, 0.29) is 6.42 Å². The summed E-state index contributed by atoms with van der Waals surface area (Å²) >= 11 is 0. The molecule has 1 aliphatic rings. The van der Waals surface area contributed by atoms with Crippen LogP contribution >= 0.6 is 0 Å². The van der Waals surface area contributed by atoms with Crippen LogP contribution in [0.3, 0.4) is 0 Å². The number of hydrogen-bond donors (Lipinski definition) is 0. The fraction of sp³-hybridized carbons (Fsp3) is 0.346. The van der Waals surface area contributed by atoms with Gasteiger partial charge < -0.3 is 14.4 Å². The summed E-state index contributed by atoms with van der Waals surface area (Å²) in [5.74, 6) is 0.517. The number of carbonyl (C=O) groups excluding carboxylic acids is 1. The van der Waals surface area contributed by atoms with Crippen molar-refractivity contribution in [2.45, 2.75) is 44.6 Å². The molecular formula is C26H30N2O5S. The standard InChI is InChI=1S/C26H30N2O5S/c1-26(2,3)33-25(29)27(4)16-10-15-24-32-23-18-20-12-9-8-11-19(20)17-22(23)28(34(24,30)31)21-13-6-5-7-14-21/h5-9,11-14,17-18,24H,10,15-16H2,1-4H3. The van der Waals surface area contributed by atoms with E-state index in [0.717, 1.165) is 10.8 Å². The number of nitrogens with zero attached hydrogens (tertiary/aromatic N) is 2. The van der Waals surface area contributed by atoms with Crippen molar-refractivity contribution in [3.63, 3.8) is 0 Å². The number of fused-ring (bicyclic) bond motifs is 2. The Labute approximate surface area is 200 Å². The molecule has 0 aromatic heterocycles. The highest BCUT2D eigenvalue weighted by Crippen LogP contribution is 2.45. The number of para-hydroxylation sites is 1. The first-order valence-electron chi connectivity index (χ1n) is 11.3. The maximum atomic E-state index is 13.7. The Bertz CT molecular complexity index is 1290. The van der Waals surface area contributed by atoms with E-state index >= 15 is 0 Å². The van der Waals surface area contributed by atoms with E-state index in [4.69, 9.17) is 9.47 Å². The van der Waals surface area contributed by atoms with Gasteiger partial charge in [-0.25, -0.2) is 17.5 Å². The lowest BCUT2D eigenvalue weighted by atomic mass is 10.1. The highest BCUT2D eigenvalue weighted by Gasteiger charge is 2.41. The van der Waals surface area contributed by atoms with Crippen LogP contribution in [0.25, 0.3) is 10.8 Å². The number of sulfonamides is 1. The van der Waals surface area contributed by atoms with Crippen LogP contribution in [0, 0.1) is 0 Å². The van der Waals surface area contributed by atoms with Gasteiger partial charge in [0, 0.05) is 20.0 Å². The lowest BCUT2D eigenvalue weighted by molar-refractivity contribution is 0.0294. The van der Waals surface area contributed by atoms with E-state index < -0.39 is 27.2 Å². The van der Waals surface area contributed by atoms with Crippen molar-refractivity contribution in [2.75, 3.05) is 17.9 Å². The van der Waals surface area contributed by atoms with Gasteiger partial charge in [0.25, 0.3) is 10.0 Å². The van der Waals surface area contributed by atoms with Crippen LogP contribution in [0.5, 0.6) is 5.75 Å². The Balaban J connectivity index is 1.61. The van der Waals surface area contributed by atoms with E-state index in [1.54, 1.807) is 40.0 Å². The SMILES string of the molecule is CN(CCCC1Oc2cc3ccccc3cc2N(c2ccccc2)S1(=O)=O)C(=O)OC(C)(C)C. The number of anilines is 2. The highest BCUT2D eigenvalue weighted by atomic mass is 32.2. The van der Waals surface area contributed by atoms with Gasteiger partial charge in [0.05, 0.1) is 11.4 Å². The third kappa shape index (κ3) is 4.97. The Morgan fingerprint density at radius 3 is 2.29 bits per heavy atom. The normalized spacial score (nSPS) is 17.1. The largest absolute Gasteiger partial charge is 0.470 e. The fourth-order valence-corrected chi connectivity index (χ4v) is 5.66. The summed E-state index contributed by atoms with van der Waals surface area (Å²) in [5.41, 5.74) is -0.622. The van der Waals surface area contributed by atoms with Crippen molar-refractivity contribution < 1.29 is 22.7 Å². The van der Waals surface area contributed by atoms with Gasteiger partial charge in [0.2, 0.25) is 5.44 Å². The van der Waals surface area contributed by atoms with Crippen LogP contribution in [0.15, 0.2) is 66.7 Å². The Morgan fingerprint density at radius 1 is 1.03 bits per heavy atom. The molecule has 1 aliphatic heterocycles. The van der Waals surface area contributed by atoms with Crippen LogP contribution < -0.4 is 9.04 Å². The lowest BCUT2D eigenvalue weighted by Gasteiger charge is -2.36. The predicted octanol–water partition coefficient (Wildman–Crippen LogP) is 5.67. The maximum absolute atomic E-state index is 13.7. The molecule has 0 N–H and O–H groups in total. The van der Waals surface area contributed by atoms with Gasteiger partial charge in [-0.15, -0.1) is 0 Å². The molecule has 7 nitrogen and oxygen atoms in total. The molecule has 0 radical (unpaired) electrons. The van der Waals surface area contributed by atoms with Crippen molar-refractivity contribution >= 4 is 38.3 Å². The molecule has 0 aliphatic carbocycles. The van der Waals surface area contributed by atoms with Gasteiger partial charge in [0.1, 0.15) is 11.4 Å². The van der Waals surface area contributed by atoms with Crippen molar-refractivity contribution in [3.8, 4) is 5.75 Å². The molecule has 0 bridgehead atoms. The fourth-order valence-electron chi connectivity index (χ4n) is 3.90. The zero-order valence-corrected chi connectivity index (χ0v) is 20.7. The van der Waals surface area contributed by atoms with Gasteiger partial charge >= 0.3 is 6.09 Å². The molecule has 1 amide bonds. The van der Waals surface area contributed by atoms with E-state index in [0.29, 0.717) is 30.1 Å². The van der Waals surface area contributed by atoms with Crippen LogP contribution in [-0.4, -0.2) is 44.0 Å².